The molecule has 0 fully saturated rings. The number of rotatable bonds is 7. The smallest absolute Gasteiger partial charge is 0.287 e. The molecule has 0 aliphatic rings. The molecule has 1 aromatic heterocycles. The van der Waals surface area contributed by atoms with E-state index in [2.05, 4.69) is 5.32 Å². The number of aryl methyl sites for hydroxylation is 1. The van der Waals surface area contributed by atoms with Gasteiger partial charge in [-0.25, -0.2) is 0 Å². The van der Waals surface area contributed by atoms with Crippen molar-refractivity contribution in [2.75, 3.05) is 7.11 Å². The van der Waals surface area contributed by atoms with E-state index < -0.39 is 0 Å². The van der Waals surface area contributed by atoms with Crippen LogP contribution in [0.2, 0.25) is 0 Å². The van der Waals surface area contributed by atoms with Gasteiger partial charge in [0.25, 0.3) is 5.91 Å². The summed E-state index contributed by atoms with van der Waals surface area (Å²) < 4.78 is 16.6. The van der Waals surface area contributed by atoms with Gasteiger partial charge in [-0.05, 0) is 42.3 Å². The van der Waals surface area contributed by atoms with Crippen molar-refractivity contribution in [3.8, 4) is 11.5 Å². The summed E-state index contributed by atoms with van der Waals surface area (Å²) in [4.78, 5) is 12.1. The van der Waals surface area contributed by atoms with E-state index in [4.69, 9.17) is 13.9 Å². The molecule has 0 saturated carbocycles. The predicted molar refractivity (Wildman–Crippen MR) is 98.4 cm³/mol. The number of ether oxygens (including phenoxy) is 2. The predicted octanol–water partition coefficient (Wildman–Crippen LogP) is 4.11. The van der Waals surface area contributed by atoms with E-state index in [-0.39, 0.29) is 5.91 Å². The first-order valence-electron chi connectivity index (χ1n) is 8.34. The second-order valence-corrected chi connectivity index (χ2v) is 5.85. The van der Waals surface area contributed by atoms with Crippen molar-refractivity contribution in [1.82, 2.24) is 5.32 Å². The SMILES string of the molecule is COc1cc(CNC(=O)c2ccc(C)o2)ccc1OCc1ccccc1. The number of hydrogen-bond donors (Lipinski definition) is 1. The third-order valence-electron chi connectivity index (χ3n) is 3.88. The average Bonchev–Trinajstić information content (AvgIpc) is 3.12. The first-order chi connectivity index (χ1) is 12.7. The maximum Gasteiger partial charge on any atom is 0.287 e. The Balaban J connectivity index is 1.61. The molecule has 134 valence electrons. The number of benzene rings is 2. The van der Waals surface area contributed by atoms with Crippen LogP contribution in [0.1, 0.15) is 27.4 Å². The zero-order valence-electron chi connectivity index (χ0n) is 14.8. The number of furan rings is 1. The van der Waals surface area contributed by atoms with E-state index >= 15 is 0 Å². The highest BCUT2D eigenvalue weighted by Gasteiger charge is 2.11. The number of carbonyl (C=O) groups excluding carboxylic acids is 1. The van der Waals surface area contributed by atoms with Gasteiger partial charge in [-0.3, -0.25) is 4.79 Å². The highest BCUT2D eigenvalue weighted by molar-refractivity contribution is 5.91. The fraction of sp³-hybridized carbons (Fsp3) is 0.190. The molecule has 3 aromatic rings. The third kappa shape index (κ3) is 4.45. The molecule has 0 atom stereocenters. The summed E-state index contributed by atoms with van der Waals surface area (Å²) in [7, 11) is 1.60. The minimum Gasteiger partial charge on any atom is -0.493 e. The maximum atomic E-state index is 12.1. The van der Waals surface area contributed by atoms with Crippen LogP contribution < -0.4 is 14.8 Å². The van der Waals surface area contributed by atoms with Crippen molar-refractivity contribution in [2.24, 2.45) is 0 Å². The first kappa shape index (κ1) is 17.6. The normalized spacial score (nSPS) is 10.4. The van der Waals surface area contributed by atoms with Crippen LogP contribution in [0.5, 0.6) is 11.5 Å². The van der Waals surface area contributed by atoms with Crippen LogP contribution in [-0.4, -0.2) is 13.0 Å². The molecule has 0 aliphatic heterocycles. The van der Waals surface area contributed by atoms with Crippen molar-refractivity contribution < 1.29 is 18.7 Å². The summed E-state index contributed by atoms with van der Waals surface area (Å²) in [6.07, 6.45) is 0. The van der Waals surface area contributed by atoms with Crippen molar-refractivity contribution in [2.45, 2.75) is 20.1 Å². The second-order valence-electron chi connectivity index (χ2n) is 5.85. The zero-order chi connectivity index (χ0) is 18.4. The van der Waals surface area contributed by atoms with E-state index in [0.717, 1.165) is 11.1 Å². The summed E-state index contributed by atoms with van der Waals surface area (Å²) in [5.74, 6) is 2.05. The van der Waals surface area contributed by atoms with Crippen molar-refractivity contribution in [3.05, 3.63) is 83.3 Å². The topological polar surface area (TPSA) is 60.7 Å². The number of nitrogens with one attached hydrogen (secondary N) is 1. The van der Waals surface area contributed by atoms with E-state index in [1.807, 2.05) is 48.5 Å². The molecule has 0 spiro atoms. The van der Waals surface area contributed by atoms with Gasteiger partial charge >= 0.3 is 0 Å². The molecule has 26 heavy (non-hydrogen) atoms. The number of methoxy groups -OCH3 is 1. The van der Waals surface area contributed by atoms with E-state index in [0.29, 0.717) is 36.2 Å². The van der Waals surface area contributed by atoms with Gasteiger partial charge in [0, 0.05) is 6.54 Å². The van der Waals surface area contributed by atoms with Crippen molar-refractivity contribution >= 4 is 5.91 Å². The highest BCUT2D eigenvalue weighted by Crippen LogP contribution is 2.28. The average molecular weight is 351 g/mol. The Bertz CT molecular complexity index is 871. The molecule has 1 amide bonds. The lowest BCUT2D eigenvalue weighted by molar-refractivity contribution is 0.0922. The lowest BCUT2D eigenvalue weighted by Crippen LogP contribution is -2.22. The Kier molecular flexibility index (Phi) is 5.59. The van der Waals surface area contributed by atoms with E-state index in [9.17, 15) is 4.79 Å². The van der Waals surface area contributed by atoms with Crippen LogP contribution in [0.3, 0.4) is 0 Å². The van der Waals surface area contributed by atoms with Gasteiger partial charge in [-0.15, -0.1) is 0 Å². The molecule has 0 aliphatic carbocycles. The summed E-state index contributed by atoms with van der Waals surface area (Å²) in [5, 5.41) is 2.83. The molecule has 0 bridgehead atoms. The molecule has 0 saturated heterocycles. The minimum absolute atomic E-state index is 0.249. The molecule has 1 heterocycles. The van der Waals surface area contributed by atoms with Crippen LogP contribution in [-0.2, 0) is 13.2 Å². The summed E-state index contributed by atoms with van der Waals surface area (Å²) in [6, 6.07) is 19.0. The molecule has 5 nitrogen and oxygen atoms in total. The third-order valence-corrected chi connectivity index (χ3v) is 3.88. The lowest BCUT2D eigenvalue weighted by Gasteiger charge is -2.12. The highest BCUT2D eigenvalue weighted by atomic mass is 16.5. The van der Waals surface area contributed by atoms with Crippen LogP contribution >= 0.6 is 0 Å². The number of amides is 1. The fourth-order valence-corrected chi connectivity index (χ4v) is 2.50. The van der Waals surface area contributed by atoms with E-state index in [1.54, 1.807) is 26.2 Å². The summed E-state index contributed by atoms with van der Waals surface area (Å²) >= 11 is 0. The first-order valence-corrected chi connectivity index (χ1v) is 8.34. The molecule has 2 aromatic carbocycles. The van der Waals surface area contributed by atoms with Crippen LogP contribution in [0.15, 0.2) is 65.1 Å². The number of carbonyl (C=O) groups is 1. The molecule has 3 rings (SSSR count). The van der Waals surface area contributed by atoms with Crippen LogP contribution in [0.4, 0.5) is 0 Å². The Hall–Kier alpha value is -3.21. The zero-order valence-corrected chi connectivity index (χ0v) is 14.8. The van der Waals surface area contributed by atoms with Gasteiger partial charge < -0.3 is 19.2 Å². The lowest BCUT2D eigenvalue weighted by atomic mass is 10.2. The Morgan fingerprint density at radius 2 is 1.81 bits per heavy atom. The molecule has 1 N–H and O–H groups in total. The quantitative estimate of drug-likeness (QED) is 0.696. The van der Waals surface area contributed by atoms with Gasteiger partial charge in [0.05, 0.1) is 7.11 Å². The van der Waals surface area contributed by atoms with Gasteiger partial charge in [-0.2, -0.15) is 0 Å². The Labute approximate surface area is 152 Å². The second kappa shape index (κ2) is 8.25. The van der Waals surface area contributed by atoms with Crippen molar-refractivity contribution in [3.63, 3.8) is 0 Å². The van der Waals surface area contributed by atoms with Crippen molar-refractivity contribution in [1.29, 1.82) is 0 Å². The van der Waals surface area contributed by atoms with Crippen LogP contribution in [0, 0.1) is 6.92 Å². The molecular weight excluding hydrogens is 330 g/mol. The minimum atomic E-state index is -0.249. The van der Waals surface area contributed by atoms with Gasteiger partial charge in [0.1, 0.15) is 12.4 Å². The molecular formula is C21H21NO4. The van der Waals surface area contributed by atoms with Crippen LogP contribution in [0.25, 0.3) is 0 Å². The summed E-state index contributed by atoms with van der Waals surface area (Å²) in [6.45, 7) is 2.63. The standard InChI is InChI=1S/C21H21NO4/c1-15-8-10-19(26-15)21(23)22-13-17-9-11-18(20(12-17)24-2)25-14-16-6-4-3-5-7-16/h3-12H,13-14H2,1-2H3,(H,22,23). The largest absolute Gasteiger partial charge is 0.493 e. The molecule has 0 radical (unpaired) electrons. The van der Waals surface area contributed by atoms with Gasteiger partial charge in [-0.1, -0.05) is 36.4 Å². The Morgan fingerprint density at radius 1 is 1.00 bits per heavy atom. The van der Waals surface area contributed by atoms with Gasteiger partial charge in [0.2, 0.25) is 0 Å². The molecule has 5 heteroatoms. The van der Waals surface area contributed by atoms with Gasteiger partial charge in [0.15, 0.2) is 17.3 Å². The molecule has 0 unspecified atom stereocenters. The number of hydrogen-bond acceptors (Lipinski definition) is 4. The van der Waals surface area contributed by atoms with E-state index in [1.165, 1.54) is 0 Å². The summed E-state index contributed by atoms with van der Waals surface area (Å²) in [5.41, 5.74) is 1.99. The Morgan fingerprint density at radius 3 is 2.50 bits per heavy atom. The monoisotopic (exact) mass is 351 g/mol. The maximum absolute atomic E-state index is 12.1. The fourth-order valence-electron chi connectivity index (χ4n) is 2.50.